The predicted molar refractivity (Wildman–Crippen MR) is 75.9 cm³/mol. The Kier molecular flexibility index (Phi) is 3.75. The molecule has 0 saturated carbocycles. The fourth-order valence-electron chi connectivity index (χ4n) is 2.61. The van der Waals surface area contributed by atoms with Gasteiger partial charge in [-0.25, -0.2) is 9.97 Å². The molecule has 0 aromatic carbocycles. The van der Waals surface area contributed by atoms with Gasteiger partial charge >= 0.3 is 6.18 Å². The number of rotatable bonds is 2. The fourth-order valence-corrected chi connectivity index (χ4v) is 3.40. The van der Waals surface area contributed by atoms with Gasteiger partial charge in [-0.1, -0.05) is 0 Å². The smallest absolute Gasteiger partial charge is 0.383 e. The highest BCUT2D eigenvalue weighted by Gasteiger charge is 2.41. The summed E-state index contributed by atoms with van der Waals surface area (Å²) in [5.74, 6) is -0.172. The van der Waals surface area contributed by atoms with Gasteiger partial charge in [0.15, 0.2) is 0 Å². The van der Waals surface area contributed by atoms with Crippen molar-refractivity contribution in [2.24, 2.45) is 5.92 Å². The number of anilines is 1. The molecule has 114 valence electrons. The lowest BCUT2D eigenvalue weighted by Gasteiger charge is -2.32. The Morgan fingerprint density at radius 3 is 2.67 bits per heavy atom. The Hall–Kier alpha value is -1.41. The molecule has 1 aliphatic heterocycles. The lowest BCUT2D eigenvalue weighted by molar-refractivity contribution is -0.185. The van der Waals surface area contributed by atoms with Gasteiger partial charge in [0, 0.05) is 0 Å². The van der Waals surface area contributed by atoms with Crippen LogP contribution in [0.15, 0.2) is 11.4 Å². The zero-order valence-electron chi connectivity index (χ0n) is 11.2. The van der Waals surface area contributed by atoms with Gasteiger partial charge < -0.3 is 5.73 Å². The van der Waals surface area contributed by atoms with Crippen LogP contribution in [0.1, 0.15) is 18.7 Å². The van der Waals surface area contributed by atoms with Crippen molar-refractivity contribution in [3.05, 3.63) is 17.3 Å². The standard InChI is InChI=1S/C13H15F3N4S/c14-13(15,16)8-1-4-20(5-2-8)7-10-18-11(17)9-3-6-21-12(9)19-10/h3,6,8H,1-2,4-5,7H2,(H2,17,18,19). The minimum atomic E-state index is -4.08. The van der Waals surface area contributed by atoms with Gasteiger partial charge in [-0.05, 0) is 37.4 Å². The van der Waals surface area contributed by atoms with E-state index in [0.29, 0.717) is 31.3 Å². The number of thiophene rings is 1. The topological polar surface area (TPSA) is 55.0 Å². The first-order valence-electron chi connectivity index (χ1n) is 6.72. The van der Waals surface area contributed by atoms with Gasteiger partial charge in [-0.2, -0.15) is 13.2 Å². The number of alkyl halides is 3. The van der Waals surface area contributed by atoms with Gasteiger partial charge in [0.05, 0.1) is 17.8 Å². The lowest BCUT2D eigenvalue weighted by atomic mass is 9.96. The van der Waals surface area contributed by atoms with Gasteiger partial charge in [-0.15, -0.1) is 11.3 Å². The molecule has 2 N–H and O–H groups in total. The van der Waals surface area contributed by atoms with Crippen LogP contribution in [-0.4, -0.2) is 34.1 Å². The van der Waals surface area contributed by atoms with E-state index in [9.17, 15) is 13.2 Å². The molecule has 3 heterocycles. The van der Waals surface area contributed by atoms with Crippen LogP contribution in [0.3, 0.4) is 0 Å². The summed E-state index contributed by atoms with van der Waals surface area (Å²) in [6.07, 6.45) is -3.80. The van der Waals surface area contributed by atoms with Crippen molar-refractivity contribution >= 4 is 27.4 Å². The summed E-state index contributed by atoms with van der Waals surface area (Å²) in [6, 6.07) is 1.87. The lowest BCUT2D eigenvalue weighted by Crippen LogP contribution is -2.38. The first-order valence-corrected chi connectivity index (χ1v) is 7.60. The van der Waals surface area contributed by atoms with Gasteiger partial charge in [0.25, 0.3) is 0 Å². The third-order valence-corrected chi connectivity index (χ3v) is 4.62. The number of nitrogen functional groups attached to an aromatic ring is 1. The first-order chi connectivity index (χ1) is 9.93. The zero-order chi connectivity index (χ0) is 15.0. The third-order valence-electron chi connectivity index (χ3n) is 3.82. The molecule has 4 nitrogen and oxygen atoms in total. The third kappa shape index (κ3) is 3.11. The fraction of sp³-hybridized carbons (Fsp3) is 0.538. The minimum Gasteiger partial charge on any atom is -0.383 e. The number of hydrogen-bond acceptors (Lipinski definition) is 5. The predicted octanol–water partition coefficient (Wildman–Crippen LogP) is 3.05. The van der Waals surface area contributed by atoms with E-state index in [1.165, 1.54) is 11.3 Å². The number of piperidine rings is 1. The minimum absolute atomic E-state index is 0.139. The van der Waals surface area contributed by atoms with E-state index in [2.05, 4.69) is 9.97 Å². The van der Waals surface area contributed by atoms with E-state index < -0.39 is 12.1 Å². The largest absolute Gasteiger partial charge is 0.391 e. The van der Waals surface area contributed by atoms with E-state index in [1.54, 1.807) is 0 Å². The Labute approximate surface area is 123 Å². The summed E-state index contributed by atoms with van der Waals surface area (Å²) in [6.45, 7) is 1.27. The number of nitrogens with two attached hydrogens (primary N) is 1. The molecule has 1 fully saturated rings. The first kappa shape index (κ1) is 14.5. The van der Waals surface area contributed by atoms with Crippen LogP contribution in [0.25, 0.3) is 10.2 Å². The molecular weight excluding hydrogens is 301 g/mol. The number of halogens is 3. The van der Waals surface area contributed by atoms with Crippen LogP contribution in [0, 0.1) is 5.92 Å². The van der Waals surface area contributed by atoms with Gasteiger partial charge in [0.2, 0.25) is 0 Å². The zero-order valence-corrected chi connectivity index (χ0v) is 12.0. The van der Waals surface area contributed by atoms with Crippen molar-refractivity contribution in [2.45, 2.75) is 25.6 Å². The number of aromatic nitrogens is 2. The highest BCUT2D eigenvalue weighted by molar-refractivity contribution is 7.16. The summed E-state index contributed by atoms with van der Waals surface area (Å²) >= 11 is 1.48. The van der Waals surface area contributed by atoms with Crippen LogP contribution in [0.2, 0.25) is 0 Å². The number of likely N-dealkylation sites (tertiary alicyclic amines) is 1. The molecule has 21 heavy (non-hydrogen) atoms. The van der Waals surface area contributed by atoms with Crippen LogP contribution in [0.5, 0.6) is 0 Å². The highest BCUT2D eigenvalue weighted by Crippen LogP contribution is 2.34. The van der Waals surface area contributed by atoms with Crippen LogP contribution in [0.4, 0.5) is 19.0 Å². The Morgan fingerprint density at radius 1 is 1.29 bits per heavy atom. The molecule has 0 unspecified atom stereocenters. The normalized spacial score (nSPS) is 18.4. The molecule has 3 rings (SSSR count). The SMILES string of the molecule is Nc1nc(CN2CCC(C(F)(F)F)CC2)nc2sccc12. The van der Waals surface area contributed by atoms with E-state index in [1.807, 2.05) is 16.3 Å². The summed E-state index contributed by atoms with van der Waals surface area (Å²) < 4.78 is 37.9. The van der Waals surface area contributed by atoms with Crippen molar-refractivity contribution in [1.82, 2.24) is 14.9 Å². The maximum absolute atomic E-state index is 12.6. The molecule has 2 aromatic rings. The second-order valence-corrected chi connectivity index (χ2v) is 6.15. The molecule has 0 radical (unpaired) electrons. The molecule has 0 amide bonds. The molecule has 1 saturated heterocycles. The van der Waals surface area contributed by atoms with E-state index >= 15 is 0 Å². The summed E-state index contributed by atoms with van der Waals surface area (Å²) in [5, 5.41) is 2.73. The maximum atomic E-state index is 12.6. The quantitative estimate of drug-likeness (QED) is 0.925. The average Bonchev–Trinajstić information content (AvgIpc) is 2.87. The average molecular weight is 316 g/mol. The maximum Gasteiger partial charge on any atom is 0.391 e. The van der Waals surface area contributed by atoms with Gasteiger partial charge in [-0.3, -0.25) is 4.90 Å². The van der Waals surface area contributed by atoms with Gasteiger partial charge in [0.1, 0.15) is 16.5 Å². The van der Waals surface area contributed by atoms with Crippen molar-refractivity contribution in [1.29, 1.82) is 0 Å². The van der Waals surface area contributed by atoms with Crippen LogP contribution in [-0.2, 0) is 6.54 Å². The Morgan fingerprint density at radius 2 is 2.00 bits per heavy atom. The molecule has 0 aliphatic carbocycles. The molecule has 2 aromatic heterocycles. The summed E-state index contributed by atoms with van der Waals surface area (Å²) in [7, 11) is 0. The molecular formula is C13H15F3N4S. The molecule has 0 spiro atoms. The van der Waals surface area contributed by atoms with Crippen molar-refractivity contribution in [3.8, 4) is 0 Å². The molecule has 0 bridgehead atoms. The van der Waals surface area contributed by atoms with Crippen LogP contribution < -0.4 is 5.73 Å². The van der Waals surface area contributed by atoms with Crippen molar-refractivity contribution in [2.75, 3.05) is 18.8 Å². The Balaban J connectivity index is 1.67. The summed E-state index contributed by atoms with van der Waals surface area (Å²) in [5.41, 5.74) is 5.87. The molecule has 1 aliphatic rings. The van der Waals surface area contributed by atoms with E-state index in [-0.39, 0.29) is 12.8 Å². The van der Waals surface area contributed by atoms with Crippen molar-refractivity contribution in [3.63, 3.8) is 0 Å². The number of hydrogen-bond donors (Lipinski definition) is 1. The van der Waals surface area contributed by atoms with Crippen molar-refractivity contribution < 1.29 is 13.2 Å². The monoisotopic (exact) mass is 316 g/mol. The van der Waals surface area contributed by atoms with E-state index in [4.69, 9.17) is 5.73 Å². The molecule has 0 atom stereocenters. The molecule has 8 heteroatoms. The summed E-state index contributed by atoms with van der Waals surface area (Å²) in [4.78, 5) is 11.4. The van der Waals surface area contributed by atoms with E-state index in [0.717, 1.165) is 10.2 Å². The van der Waals surface area contributed by atoms with Crippen LogP contribution >= 0.6 is 11.3 Å². The Bertz CT molecular complexity index is 632. The highest BCUT2D eigenvalue weighted by atomic mass is 32.1. The second kappa shape index (κ2) is 5.42. The number of fused-ring (bicyclic) bond motifs is 1. The number of nitrogens with zero attached hydrogens (tertiary/aromatic N) is 3. The second-order valence-electron chi connectivity index (χ2n) is 5.26.